The Bertz CT molecular complexity index is 890. The predicted molar refractivity (Wildman–Crippen MR) is 91.9 cm³/mol. The van der Waals surface area contributed by atoms with E-state index in [-0.39, 0.29) is 17.2 Å². The molecule has 0 radical (unpaired) electrons. The first kappa shape index (κ1) is 16.7. The van der Waals surface area contributed by atoms with Crippen molar-refractivity contribution in [1.29, 1.82) is 0 Å². The molecule has 0 saturated heterocycles. The number of nitrogens with zero attached hydrogens (tertiary/aromatic N) is 2. The molecule has 1 aliphatic heterocycles. The van der Waals surface area contributed by atoms with E-state index < -0.39 is 12.0 Å². The molecule has 0 bridgehead atoms. The number of hydrogen-bond acceptors (Lipinski definition) is 5. The molecular weight excluding hydrogens is 324 g/mol. The molecule has 0 saturated carbocycles. The molecule has 1 atom stereocenters. The highest BCUT2D eigenvalue weighted by Crippen LogP contribution is 2.32. The van der Waals surface area contributed by atoms with Gasteiger partial charge in [-0.1, -0.05) is 6.92 Å². The fraction of sp³-hybridized carbons (Fsp3) is 0.294. The Labute approximate surface area is 143 Å². The van der Waals surface area contributed by atoms with Crippen LogP contribution in [0.5, 0.6) is 5.75 Å². The largest absolute Gasteiger partial charge is 0.479 e. The van der Waals surface area contributed by atoms with Gasteiger partial charge in [-0.15, -0.1) is 0 Å². The normalized spacial score (nSPS) is 15.8. The molecule has 0 spiro atoms. The van der Waals surface area contributed by atoms with Crippen LogP contribution in [0.1, 0.15) is 30.8 Å². The number of anilines is 2. The molecular formula is C17H18N4O4. The SMILES string of the molecule is CCCn1nc(C(=O)Nc2ccc3c(c2)NC(=O)[C@H](C)O3)ccc1=O. The molecule has 3 rings (SSSR count). The standard InChI is InChI=1S/C17H18N4O4/c1-3-8-21-15(22)7-5-12(20-21)17(24)18-11-4-6-14-13(9-11)19-16(23)10(2)25-14/h4-7,9-10H,3,8H2,1-2H3,(H,18,24)(H,19,23)/t10-/m0/s1. The monoisotopic (exact) mass is 342 g/mol. The smallest absolute Gasteiger partial charge is 0.276 e. The van der Waals surface area contributed by atoms with Gasteiger partial charge in [-0.3, -0.25) is 14.4 Å². The average Bonchev–Trinajstić information content (AvgIpc) is 2.58. The molecule has 25 heavy (non-hydrogen) atoms. The number of rotatable bonds is 4. The Balaban J connectivity index is 1.80. The van der Waals surface area contributed by atoms with Gasteiger partial charge in [0.15, 0.2) is 6.10 Å². The van der Waals surface area contributed by atoms with Crippen LogP contribution in [-0.2, 0) is 11.3 Å². The van der Waals surface area contributed by atoms with Crippen LogP contribution in [0.3, 0.4) is 0 Å². The maximum atomic E-state index is 12.4. The summed E-state index contributed by atoms with van der Waals surface area (Å²) in [6.45, 7) is 4.02. The second-order valence-corrected chi connectivity index (χ2v) is 5.69. The van der Waals surface area contributed by atoms with Gasteiger partial charge < -0.3 is 15.4 Å². The fourth-order valence-corrected chi connectivity index (χ4v) is 2.42. The Hall–Kier alpha value is -3.16. The number of hydrogen-bond donors (Lipinski definition) is 2. The quantitative estimate of drug-likeness (QED) is 0.879. The van der Waals surface area contributed by atoms with Crippen LogP contribution in [0.2, 0.25) is 0 Å². The molecule has 8 heteroatoms. The van der Waals surface area contributed by atoms with Crippen LogP contribution in [0.4, 0.5) is 11.4 Å². The molecule has 2 amide bonds. The summed E-state index contributed by atoms with van der Waals surface area (Å²) < 4.78 is 6.73. The zero-order valence-electron chi connectivity index (χ0n) is 13.9. The molecule has 1 aromatic carbocycles. The van der Waals surface area contributed by atoms with Gasteiger partial charge in [0.05, 0.1) is 5.69 Å². The first-order valence-corrected chi connectivity index (χ1v) is 7.99. The van der Waals surface area contributed by atoms with E-state index >= 15 is 0 Å². The van der Waals surface area contributed by atoms with Crippen LogP contribution in [0.25, 0.3) is 0 Å². The minimum atomic E-state index is -0.559. The molecule has 0 fully saturated rings. The van der Waals surface area contributed by atoms with Gasteiger partial charge in [-0.05, 0) is 37.6 Å². The number of amides is 2. The van der Waals surface area contributed by atoms with E-state index in [0.717, 1.165) is 6.42 Å². The van der Waals surface area contributed by atoms with E-state index in [1.165, 1.54) is 16.8 Å². The van der Waals surface area contributed by atoms with E-state index in [2.05, 4.69) is 15.7 Å². The van der Waals surface area contributed by atoms with Gasteiger partial charge in [0.25, 0.3) is 17.4 Å². The van der Waals surface area contributed by atoms with E-state index in [1.807, 2.05) is 6.92 Å². The molecule has 130 valence electrons. The first-order chi connectivity index (χ1) is 12.0. The number of carbonyl (C=O) groups is 2. The summed E-state index contributed by atoms with van der Waals surface area (Å²) in [4.78, 5) is 35.7. The molecule has 2 aromatic rings. The lowest BCUT2D eigenvalue weighted by atomic mass is 10.2. The summed E-state index contributed by atoms with van der Waals surface area (Å²) in [5, 5.41) is 9.48. The third kappa shape index (κ3) is 3.52. The zero-order valence-corrected chi connectivity index (χ0v) is 13.9. The number of ether oxygens (including phenoxy) is 1. The number of aromatic nitrogens is 2. The highest BCUT2D eigenvalue weighted by Gasteiger charge is 2.23. The van der Waals surface area contributed by atoms with Crippen molar-refractivity contribution in [2.45, 2.75) is 32.9 Å². The number of aryl methyl sites for hydroxylation is 1. The summed E-state index contributed by atoms with van der Waals surface area (Å²) in [6.07, 6.45) is 0.178. The van der Waals surface area contributed by atoms with E-state index in [0.29, 0.717) is 23.7 Å². The molecule has 1 aromatic heterocycles. The van der Waals surface area contributed by atoms with Crippen LogP contribution < -0.4 is 20.9 Å². The van der Waals surface area contributed by atoms with Gasteiger partial charge in [-0.25, -0.2) is 4.68 Å². The topological polar surface area (TPSA) is 102 Å². The molecule has 1 aliphatic rings. The van der Waals surface area contributed by atoms with Crippen molar-refractivity contribution in [2.24, 2.45) is 0 Å². The number of fused-ring (bicyclic) bond motifs is 1. The lowest BCUT2D eigenvalue weighted by Gasteiger charge is -2.23. The van der Waals surface area contributed by atoms with Crippen LogP contribution in [-0.4, -0.2) is 27.7 Å². The van der Waals surface area contributed by atoms with Gasteiger partial charge in [-0.2, -0.15) is 5.10 Å². The maximum absolute atomic E-state index is 12.4. The maximum Gasteiger partial charge on any atom is 0.276 e. The second-order valence-electron chi connectivity index (χ2n) is 5.69. The highest BCUT2D eigenvalue weighted by atomic mass is 16.5. The molecule has 2 heterocycles. The third-order valence-corrected chi connectivity index (χ3v) is 3.70. The summed E-state index contributed by atoms with van der Waals surface area (Å²) in [5.74, 6) is -0.148. The average molecular weight is 342 g/mol. The predicted octanol–water partition coefficient (Wildman–Crippen LogP) is 1.62. The number of benzene rings is 1. The fourth-order valence-electron chi connectivity index (χ4n) is 2.42. The van der Waals surface area contributed by atoms with E-state index in [4.69, 9.17) is 4.74 Å². The van der Waals surface area contributed by atoms with Gasteiger partial charge in [0.1, 0.15) is 11.4 Å². The Morgan fingerprint density at radius 2 is 2.12 bits per heavy atom. The summed E-state index contributed by atoms with van der Waals surface area (Å²) in [5.41, 5.74) is 0.864. The minimum absolute atomic E-state index is 0.139. The highest BCUT2D eigenvalue weighted by molar-refractivity contribution is 6.04. The van der Waals surface area contributed by atoms with Crippen LogP contribution in [0, 0.1) is 0 Å². The minimum Gasteiger partial charge on any atom is -0.479 e. The van der Waals surface area contributed by atoms with Crippen molar-refractivity contribution in [3.05, 3.63) is 46.4 Å². The van der Waals surface area contributed by atoms with Crippen molar-refractivity contribution in [2.75, 3.05) is 10.6 Å². The Morgan fingerprint density at radius 1 is 1.32 bits per heavy atom. The zero-order chi connectivity index (χ0) is 18.0. The summed E-state index contributed by atoms with van der Waals surface area (Å²) in [6, 6.07) is 7.66. The van der Waals surface area contributed by atoms with Crippen molar-refractivity contribution in [3.8, 4) is 5.75 Å². The van der Waals surface area contributed by atoms with E-state index in [1.54, 1.807) is 25.1 Å². The number of nitrogens with one attached hydrogen (secondary N) is 2. The second kappa shape index (κ2) is 6.76. The lowest BCUT2D eigenvalue weighted by Crippen LogP contribution is -2.34. The van der Waals surface area contributed by atoms with Crippen molar-refractivity contribution >= 4 is 23.2 Å². The van der Waals surface area contributed by atoms with Crippen molar-refractivity contribution in [3.63, 3.8) is 0 Å². The summed E-state index contributed by atoms with van der Waals surface area (Å²) >= 11 is 0. The first-order valence-electron chi connectivity index (χ1n) is 7.99. The molecule has 2 N–H and O–H groups in total. The van der Waals surface area contributed by atoms with Gasteiger partial charge in [0.2, 0.25) is 0 Å². The lowest BCUT2D eigenvalue weighted by molar-refractivity contribution is -0.122. The molecule has 0 aliphatic carbocycles. The van der Waals surface area contributed by atoms with Crippen LogP contribution >= 0.6 is 0 Å². The van der Waals surface area contributed by atoms with Crippen molar-refractivity contribution in [1.82, 2.24) is 9.78 Å². The number of carbonyl (C=O) groups excluding carboxylic acids is 2. The third-order valence-electron chi connectivity index (χ3n) is 3.70. The molecule has 0 unspecified atom stereocenters. The van der Waals surface area contributed by atoms with Crippen LogP contribution in [0.15, 0.2) is 35.1 Å². The Morgan fingerprint density at radius 3 is 2.88 bits per heavy atom. The van der Waals surface area contributed by atoms with Crippen molar-refractivity contribution < 1.29 is 14.3 Å². The Kier molecular flexibility index (Phi) is 4.51. The summed E-state index contributed by atoms with van der Waals surface area (Å²) in [7, 11) is 0. The van der Waals surface area contributed by atoms with Gasteiger partial charge >= 0.3 is 0 Å². The van der Waals surface area contributed by atoms with Gasteiger partial charge in [0, 0.05) is 18.3 Å². The molecule has 8 nitrogen and oxygen atoms in total. The van der Waals surface area contributed by atoms with E-state index in [9.17, 15) is 14.4 Å².